The summed E-state index contributed by atoms with van der Waals surface area (Å²) in [5.41, 5.74) is 0. The maximum absolute atomic E-state index is 5.27. The quantitative estimate of drug-likeness (QED) is 0.586. The third-order valence-corrected chi connectivity index (χ3v) is 2.25. The van der Waals surface area contributed by atoms with Gasteiger partial charge in [-0.3, -0.25) is 0 Å². The van der Waals surface area contributed by atoms with Crippen molar-refractivity contribution in [3.8, 4) is 0 Å². The molecular weight excluding hydrogens is 128 g/mol. The molecule has 1 saturated carbocycles. The van der Waals surface area contributed by atoms with Crippen molar-refractivity contribution < 1.29 is 9.47 Å². The van der Waals surface area contributed by atoms with E-state index in [1.165, 1.54) is 12.8 Å². The Morgan fingerprint density at radius 1 is 0.900 bits per heavy atom. The van der Waals surface area contributed by atoms with Crippen LogP contribution in [-0.2, 0) is 9.47 Å². The van der Waals surface area contributed by atoms with Crippen molar-refractivity contribution in [3.63, 3.8) is 0 Å². The molecule has 0 aromatic heterocycles. The summed E-state index contributed by atoms with van der Waals surface area (Å²) in [6.45, 7) is 0. The van der Waals surface area contributed by atoms with Crippen LogP contribution < -0.4 is 0 Å². The van der Waals surface area contributed by atoms with Gasteiger partial charge < -0.3 is 9.47 Å². The zero-order chi connectivity index (χ0) is 7.40. The summed E-state index contributed by atoms with van der Waals surface area (Å²) in [7, 11) is 3.53. The van der Waals surface area contributed by atoms with E-state index in [0.717, 1.165) is 12.8 Å². The predicted molar refractivity (Wildman–Crippen MR) is 40.1 cm³/mol. The van der Waals surface area contributed by atoms with Crippen LogP contribution in [0.15, 0.2) is 0 Å². The van der Waals surface area contributed by atoms with Gasteiger partial charge in [-0.25, -0.2) is 0 Å². The molecule has 10 heavy (non-hydrogen) atoms. The topological polar surface area (TPSA) is 18.5 Å². The molecular formula is C8H16O2. The summed E-state index contributed by atoms with van der Waals surface area (Å²) in [6.07, 6.45) is 5.60. The van der Waals surface area contributed by atoms with Gasteiger partial charge in [0.05, 0.1) is 12.2 Å². The largest absolute Gasteiger partial charge is 0.379 e. The Kier molecular flexibility index (Phi) is 3.16. The highest BCUT2D eigenvalue weighted by molar-refractivity contribution is 4.75. The number of rotatable bonds is 2. The lowest BCUT2D eigenvalue weighted by molar-refractivity contribution is -0.0577. The standard InChI is InChI=1S/C8H16O2/c1-9-7-5-3-4-6-8(7)10-2/h7-8H,3-6H2,1-2H3/t7-,8-/m0/s1. The zero-order valence-electron chi connectivity index (χ0n) is 6.80. The monoisotopic (exact) mass is 144 g/mol. The van der Waals surface area contributed by atoms with Crippen molar-refractivity contribution in [2.45, 2.75) is 37.9 Å². The van der Waals surface area contributed by atoms with Crippen LogP contribution in [0.3, 0.4) is 0 Å². The molecule has 2 nitrogen and oxygen atoms in total. The minimum Gasteiger partial charge on any atom is -0.379 e. The Hall–Kier alpha value is -0.0800. The first-order valence-corrected chi connectivity index (χ1v) is 3.94. The van der Waals surface area contributed by atoms with Gasteiger partial charge >= 0.3 is 0 Å². The molecule has 1 aliphatic carbocycles. The van der Waals surface area contributed by atoms with Gasteiger partial charge in [0.15, 0.2) is 0 Å². The summed E-state index contributed by atoms with van der Waals surface area (Å²) in [5, 5.41) is 0. The van der Waals surface area contributed by atoms with E-state index in [-0.39, 0.29) is 0 Å². The van der Waals surface area contributed by atoms with Crippen LogP contribution >= 0.6 is 0 Å². The first kappa shape index (κ1) is 8.02. The van der Waals surface area contributed by atoms with E-state index < -0.39 is 0 Å². The molecule has 2 atom stereocenters. The Morgan fingerprint density at radius 3 is 1.60 bits per heavy atom. The zero-order valence-corrected chi connectivity index (χ0v) is 6.80. The molecule has 0 saturated heterocycles. The van der Waals surface area contributed by atoms with Gasteiger partial charge in [-0.05, 0) is 12.8 Å². The van der Waals surface area contributed by atoms with E-state index in [0.29, 0.717) is 12.2 Å². The smallest absolute Gasteiger partial charge is 0.0832 e. The number of methoxy groups -OCH3 is 2. The van der Waals surface area contributed by atoms with Gasteiger partial charge in [-0.1, -0.05) is 12.8 Å². The molecule has 1 rings (SSSR count). The molecule has 0 radical (unpaired) electrons. The van der Waals surface area contributed by atoms with Crippen molar-refractivity contribution in [2.24, 2.45) is 0 Å². The van der Waals surface area contributed by atoms with Crippen LogP contribution in [0, 0.1) is 0 Å². The molecule has 0 unspecified atom stereocenters. The number of ether oxygens (including phenoxy) is 2. The van der Waals surface area contributed by atoms with Gasteiger partial charge in [0, 0.05) is 14.2 Å². The van der Waals surface area contributed by atoms with Crippen LogP contribution in [0.2, 0.25) is 0 Å². The van der Waals surface area contributed by atoms with Crippen molar-refractivity contribution in [1.82, 2.24) is 0 Å². The van der Waals surface area contributed by atoms with E-state index in [1.54, 1.807) is 14.2 Å². The molecule has 0 bridgehead atoms. The van der Waals surface area contributed by atoms with E-state index in [9.17, 15) is 0 Å². The first-order chi connectivity index (χ1) is 4.88. The van der Waals surface area contributed by atoms with Gasteiger partial charge in [0.2, 0.25) is 0 Å². The molecule has 60 valence electrons. The molecule has 0 aliphatic heterocycles. The number of hydrogen-bond acceptors (Lipinski definition) is 2. The normalized spacial score (nSPS) is 34.2. The summed E-state index contributed by atoms with van der Waals surface area (Å²) >= 11 is 0. The molecule has 0 aromatic rings. The highest BCUT2D eigenvalue weighted by Crippen LogP contribution is 2.22. The minimum absolute atomic E-state index is 0.346. The van der Waals surface area contributed by atoms with Gasteiger partial charge in [0.1, 0.15) is 0 Å². The molecule has 1 fully saturated rings. The second kappa shape index (κ2) is 3.94. The van der Waals surface area contributed by atoms with Crippen molar-refractivity contribution in [3.05, 3.63) is 0 Å². The fourth-order valence-corrected chi connectivity index (χ4v) is 1.60. The first-order valence-electron chi connectivity index (χ1n) is 3.94. The van der Waals surface area contributed by atoms with E-state index in [4.69, 9.17) is 9.47 Å². The van der Waals surface area contributed by atoms with Crippen LogP contribution in [0.1, 0.15) is 25.7 Å². The predicted octanol–water partition coefficient (Wildman–Crippen LogP) is 1.59. The van der Waals surface area contributed by atoms with Crippen LogP contribution in [0.5, 0.6) is 0 Å². The van der Waals surface area contributed by atoms with Gasteiger partial charge in [-0.15, -0.1) is 0 Å². The van der Waals surface area contributed by atoms with Crippen molar-refractivity contribution >= 4 is 0 Å². The Balaban J connectivity index is 2.34. The summed E-state index contributed by atoms with van der Waals surface area (Å²) < 4.78 is 10.5. The molecule has 0 spiro atoms. The van der Waals surface area contributed by atoms with Crippen molar-refractivity contribution in [1.29, 1.82) is 0 Å². The van der Waals surface area contributed by atoms with Crippen LogP contribution in [0.4, 0.5) is 0 Å². The highest BCUT2D eigenvalue weighted by atomic mass is 16.5. The molecule has 0 amide bonds. The maximum atomic E-state index is 5.27. The fourth-order valence-electron chi connectivity index (χ4n) is 1.60. The second-order valence-corrected chi connectivity index (χ2v) is 2.83. The Labute approximate surface area is 62.5 Å². The lowest BCUT2D eigenvalue weighted by Crippen LogP contribution is -2.32. The fraction of sp³-hybridized carbons (Fsp3) is 1.00. The Morgan fingerprint density at radius 2 is 1.30 bits per heavy atom. The molecule has 1 aliphatic rings. The third kappa shape index (κ3) is 1.70. The van der Waals surface area contributed by atoms with E-state index in [1.807, 2.05) is 0 Å². The SMILES string of the molecule is CO[C@H]1CCCC[C@@H]1OC. The number of hydrogen-bond donors (Lipinski definition) is 0. The second-order valence-electron chi connectivity index (χ2n) is 2.83. The minimum atomic E-state index is 0.346. The average molecular weight is 144 g/mol. The lowest BCUT2D eigenvalue weighted by Gasteiger charge is -2.28. The van der Waals surface area contributed by atoms with E-state index in [2.05, 4.69) is 0 Å². The molecule has 2 heteroatoms. The van der Waals surface area contributed by atoms with Crippen LogP contribution in [0.25, 0.3) is 0 Å². The summed E-state index contributed by atoms with van der Waals surface area (Å²) in [4.78, 5) is 0. The highest BCUT2D eigenvalue weighted by Gasteiger charge is 2.23. The maximum Gasteiger partial charge on any atom is 0.0832 e. The molecule has 0 aromatic carbocycles. The third-order valence-electron chi connectivity index (χ3n) is 2.25. The van der Waals surface area contributed by atoms with Crippen molar-refractivity contribution in [2.75, 3.05) is 14.2 Å². The lowest BCUT2D eigenvalue weighted by atomic mass is 9.95. The summed E-state index contributed by atoms with van der Waals surface area (Å²) in [6, 6.07) is 0. The Bertz CT molecular complexity index is 81.3. The summed E-state index contributed by atoms with van der Waals surface area (Å²) in [5.74, 6) is 0. The van der Waals surface area contributed by atoms with Gasteiger partial charge in [-0.2, -0.15) is 0 Å². The van der Waals surface area contributed by atoms with E-state index >= 15 is 0 Å². The molecule has 0 N–H and O–H groups in total. The van der Waals surface area contributed by atoms with Crippen LogP contribution in [-0.4, -0.2) is 26.4 Å². The molecule has 0 heterocycles. The average Bonchev–Trinajstić information content (AvgIpc) is 2.04. The van der Waals surface area contributed by atoms with Gasteiger partial charge in [0.25, 0.3) is 0 Å².